The Morgan fingerprint density at radius 3 is 2.59 bits per heavy atom. The van der Waals surface area contributed by atoms with E-state index in [1.54, 1.807) is 12.1 Å². The predicted octanol–water partition coefficient (Wildman–Crippen LogP) is 3.01. The summed E-state index contributed by atoms with van der Waals surface area (Å²) in [4.78, 5) is 15.0. The van der Waals surface area contributed by atoms with Gasteiger partial charge in [0, 0.05) is 19.1 Å². The maximum Gasteiger partial charge on any atom is 0.233 e. The van der Waals surface area contributed by atoms with E-state index in [1.807, 2.05) is 11.0 Å². The highest BCUT2D eigenvalue weighted by Crippen LogP contribution is 2.41. The Balaban J connectivity index is 0.00000176. The van der Waals surface area contributed by atoms with Gasteiger partial charge in [-0.25, -0.2) is 4.39 Å². The number of benzene rings is 1. The third-order valence-electron chi connectivity index (χ3n) is 5.01. The minimum atomic E-state index is -0.537. The first kappa shape index (κ1) is 17.2. The molecular formula is C17H24ClFN2O. The van der Waals surface area contributed by atoms with Crippen LogP contribution in [0.25, 0.3) is 0 Å². The molecule has 5 heteroatoms. The molecule has 1 aromatic carbocycles. The fourth-order valence-corrected chi connectivity index (χ4v) is 3.84. The van der Waals surface area contributed by atoms with Crippen molar-refractivity contribution < 1.29 is 9.18 Å². The first-order valence-electron chi connectivity index (χ1n) is 7.93. The molecule has 0 unspecified atom stereocenters. The van der Waals surface area contributed by atoms with E-state index in [-0.39, 0.29) is 30.2 Å². The number of carbonyl (C=O) groups is 1. The third kappa shape index (κ3) is 3.13. The average molecular weight is 327 g/mol. The number of halogens is 2. The van der Waals surface area contributed by atoms with Crippen molar-refractivity contribution >= 4 is 18.3 Å². The van der Waals surface area contributed by atoms with E-state index in [4.69, 9.17) is 5.73 Å². The number of rotatable bonds is 2. The highest BCUT2D eigenvalue weighted by molar-refractivity contribution is 5.88. The monoisotopic (exact) mass is 326 g/mol. The summed E-state index contributed by atoms with van der Waals surface area (Å²) in [7, 11) is 0. The topological polar surface area (TPSA) is 46.3 Å². The van der Waals surface area contributed by atoms with Gasteiger partial charge in [0.2, 0.25) is 5.91 Å². The molecule has 2 aliphatic rings. The van der Waals surface area contributed by atoms with Crippen LogP contribution >= 0.6 is 12.4 Å². The van der Waals surface area contributed by atoms with Gasteiger partial charge in [-0.15, -0.1) is 12.4 Å². The molecule has 1 aliphatic heterocycles. The Kier molecular flexibility index (Phi) is 5.45. The van der Waals surface area contributed by atoms with Crippen LogP contribution in [0.3, 0.4) is 0 Å². The van der Waals surface area contributed by atoms with Crippen LogP contribution in [-0.4, -0.2) is 29.9 Å². The third-order valence-corrected chi connectivity index (χ3v) is 5.01. The Bertz CT molecular complexity index is 531. The second kappa shape index (κ2) is 6.97. The summed E-state index contributed by atoms with van der Waals surface area (Å²) in [5.41, 5.74) is 6.25. The molecule has 0 aromatic heterocycles. The maximum absolute atomic E-state index is 13.6. The molecule has 1 amide bonds. The molecule has 1 aromatic rings. The SMILES string of the molecule is Cl.N[C@@H]1CCN(C(=O)C2(c3cccc(F)c3)CCCCC2)C1. The number of carbonyl (C=O) groups excluding carboxylic acids is 1. The molecule has 3 nitrogen and oxygen atoms in total. The van der Waals surface area contributed by atoms with Crippen molar-refractivity contribution in [2.75, 3.05) is 13.1 Å². The van der Waals surface area contributed by atoms with Crippen molar-refractivity contribution in [1.82, 2.24) is 4.90 Å². The van der Waals surface area contributed by atoms with Crippen LogP contribution in [-0.2, 0) is 10.2 Å². The van der Waals surface area contributed by atoms with Crippen molar-refractivity contribution in [1.29, 1.82) is 0 Å². The van der Waals surface area contributed by atoms with Crippen LogP contribution in [0.2, 0.25) is 0 Å². The van der Waals surface area contributed by atoms with Gasteiger partial charge in [0.1, 0.15) is 5.82 Å². The molecule has 1 atom stereocenters. The molecule has 1 aliphatic carbocycles. The van der Waals surface area contributed by atoms with E-state index >= 15 is 0 Å². The number of likely N-dealkylation sites (tertiary alicyclic amines) is 1. The van der Waals surface area contributed by atoms with E-state index in [0.717, 1.165) is 50.6 Å². The minimum absolute atomic E-state index is 0. The van der Waals surface area contributed by atoms with Gasteiger partial charge in [0.15, 0.2) is 0 Å². The maximum atomic E-state index is 13.6. The largest absolute Gasteiger partial charge is 0.340 e. The van der Waals surface area contributed by atoms with Gasteiger partial charge < -0.3 is 10.6 Å². The van der Waals surface area contributed by atoms with Crippen LogP contribution in [0.1, 0.15) is 44.1 Å². The van der Waals surface area contributed by atoms with Gasteiger partial charge in [-0.2, -0.15) is 0 Å². The van der Waals surface area contributed by atoms with Crippen LogP contribution in [0.5, 0.6) is 0 Å². The summed E-state index contributed by atoms with van der Waals surface area (Å²) in [5, 5.41) is 0. The summed E-state index contributed by atoms with van der Waals surface area (Å²) < 4.78 is 13.6. The summed E-state index contributed by atoms with van der Waals surface area (Å²) in [6, 6.07) is 6.68. The second-order valence-corrected chi connectivity index (χ2v) is 6.45. The zero-order valence-corrected chi connectivity index (χ0v) is 13.6. The van der Waals surface area contributed by atoms with Crippen molar-refractivity contribution in [3.8, 4) is 0 Å². The summed E-state index contributed by atoms with van der Waals surface area (Å²) >= 11 is 0. The molecule has 22 heavy (non-hydrogen) atoms. The van der Waals surface area contributed by atoms with Gasteiger partial charge in [-0.05, 0) is 37.0 Å². The fourth-order valence-electron chi connectivity index (χ4n) is 3.84. The molecule has 1 saturated carbocycles. The summed E-state index contributed by atoms with van der Waals surface area (Å²) in [6.45, 7) is 1.37. The van der Waals surface area contributed by atoms with Gasteiger partial charge in [0.25, 0.3) is 0 Å². The molecule has 3 rings (SSSR count). The predicted molar refractivity (Wildman–Crippen MR) is 87.6 cm³/mol. The lowest BCUT2D eigenvalue weighted by molar-refractivity contribution is -0.137. The van der Waals surface area contributed by atoms with Crippen LogP contribution in [0.15, 0.2) is 24.3 Å². The Labute approximate surface area is 137 Å². The van der Waals surface area contributed by atoms with Gasteiger partial charge in [-0.1, -0.05) is 31.4 Å². The lowest BCUT2D eigenvalue weighted by Gasteiger charge is -2.39. The molecule has 0 radical (unpaired) electrons. The molecular weight excluding hydrogens is 303 g/mol. The molecule has 1 heterocycles. The lowest BCUT2D eigenvalue weighted by atomic mass is 9.68. The van der Waals surface area contributed by atoms with Crippen LogP contribution < -0.4 is 5.73 Å². The number of nitrogens with zero attached hydrogens (tertiary/aromatic N) is 1. The molecule has 1 saturated heterocycles. The van der Waals surface area contributed by atoms with E-state index in [2.05, 4.69) is 0 Å². The van der Waals surface area contributed by atoms with Crippen molar-refractivity contribution in [2.24, 2.45) is 5.73 Å². The molecule has 0 spiro atoms. The zero-order chi connectivity index (χ0) is 14.9. The normalized spacial score (nSPS) is 23.9. The number of hydrogen-bond acceptors (Lipinski definition) is 2. The van der Waals surface area contributed by atoms with E-state index in [0.29, 0.717) is 6.54 Å². The van der Waals surface area contributed by atoms with Crippen LogP contribution in [0, 0.1) is 5.82 Å². The van der Waals surface area contributed by atoms with Crippen LogP contribution in [0.4, 0.5) is 4.39 Å². The smallest absolute Gasteiger partial charge is 0.233 e. The summed E-state index contributed by atoms with van der Waals surface area (Å²) in [6.07, 6.45) is 5.72. The number of nitrogens with two attached hydrogens (primary N) is 1. The van der Waals surface area contributed by atoms with E-state index in [9.17, 15) is 9.18 Å². The van der Waals surface area contributed by atoms with Gasteiger partial charge in [-0.3, -0.25) is 4.79 Å². The first-order chi connectivity index (χ1) is 10.1. The molecule has 2 N–H and O–H groups in total. The minimum Gasteiger partial charge on any atom is -0.340 e. The Morgan fingerprint density at radius 2 is 2.00 bits per heavy atom. The molecule has 0 bridgehead atoms. The summed E-state index contributed by atoms with van der Waals surface area (Å²) in [5.74, 6) is -0.107. The fraction of sp³-hybridized carbons (Fsp3) is 0.588. The first-order valence-corrected chi connectivity index (χ1v) is 7.93. The van der Waals surface area contributed by atoms with E-state index < -0.39 is 5.41 Å². The standard InChI is InChI=1S/C17H23FN2O.ClH/c18-14-6-4-5-13(11-14)17(8-2-1-3-9-17)16(21)20-10-7-15(19)12-20;/h4-6,11,15H,1-3,7-10,12,19H2;1H/t15-;/m1./s1. The van der Waals surface area contributed by atoms with Crippen molar-refractivity contribution in [3.63, 3.8) is 0 Å². The number of hydrogen-bond donors (Lipinski definition) is 1. The van der Waals surface area contributed by atoms with Gasteiger partial charge >= 0.3 is 0 Å². The van der Waals surface area contributed by atoms with Crippen molar-refractivity contribution in [3.05, 3.63) is 35.6 Å². The van der Waals surface area contributed by atoms with E-state index in [1.165, 1.54) is 6.07 Å². The van der Waals surface area contributed by atoms with Gasteiger partial charge in [0.05, 0.1) is 5.41 Å². The lowest BCUT2D eigenvalue weighted by Crippen LogP contribution is -2.48. The number of amides is 1. The average Bonchev–Trinajstić information content (AvgIpc) is 2.94. The highest BCUT2D eigenvalue weighted by Gasteiger charge is 2.44. The quantitative estimate of drug-likeness (QED) is 0.908. The Hall–Kier alpha value is -1.13. The second-order valence-electron chi connectivity index (χ2n) is 6.45. The van der Waals surface area contributed by atoms with Crippen molar-refractivity contribution in [2.45, 2.75) is 50.0 Å². The molecule has 122 valence electrons. The zero-order valence-electron chi connectivity index (χ0n) is 12.8. The highest BCUT2D eigenvalue weighted by atomic mass is 35.5. The Morgan fingerprint density at radius 1 is 1.27 bits per heavy atom. The molecule has 2 fully saturated rings.